The van der Waals surface area contributed by atoms with Crippen LogP contribution in [0.2, 0.25) is 0 Å². The van der Waals surface area contributed by atoms with Gasteiger partial charge in [0.05, 0.1) is 5.69 Å². The molecule has 1 N–H and O–H groups in total. The number of carbonyl (C=O) groups excluding carboxylic acids is 1. The van der Waals surface area contributed by atoms with Crippen molar-refractivity contribution in [1.29, 1.82) is 0 Å². The molecule has 0 radical (unpaired) electrons. The van der Waals surface area contributed by atoms with E-state index in [9.17, 15) is 18.0 Å². The van der Waals surface area contributed by atoms with Crippen molar-refractivity contribution in [3.8, 4) is 5.75 Å². The Labute approximate surface area is 108 Å². The molecule has 0 saturated carbocycles. The molecule has 0 saturated heterocycles. The third-order valence-electron chi connectivity index (χ3n) is 1.92. The maximum absolute atomic E-state index is 13.0. The zero-order chi connectivity index (χ0) is 13.5. The lowest BCUT2D eigenvalue weighted by molar-refractivity contribution is -0.115. The number of halogens is 3. The summed E-state index contributed by atoms with van der Waals surface area (Å²) in [7, 11) is 0. The number of ether oxygens (including phenoxy) is 1. The Morgan fingerprint density at radius 3 is 2.78 bits per heavy atom. The number of anilines is 1. The van der Waals surface area contributed by atoms with Crippen LogP contribution in [0.3, 0.4) is 0 Å². The van der Waals surface area contributed by atoms with Crippen molar-refractivity contribution >= 4 is 24.2 Å². The zero-order valence-corrected chi connectivity index (χ0v) is 10.2. The summed E-state index contributed by atoms with van der Waals surface area (Å²) in [5, 5.41) is 2.44. The maximum atomic E-state index is 13.0. The molecule has 0 atom stereocenters. The summed E-state index contributed by atoms with van der Waals surface area (Å²) in [4.78, 5) is 11.3. The third-order valence-corrected chi connectivity index (χ3v) is 2.15. The molecule has 7 heteroatoms. The van der Waals surface area contributed by atoms with Gasteiger partial charge in [0.1, 0.15) is 18.2 Å². The summed E-state index contributed by atoms with van der Waals surface area (Å²) < 4.78 is 41.7. The van der Waals surface area contributed by atoms with Gasteiger partial charge in [-0.3, -0.25) is 4.79 Å². The number of rotatable bonds is 6. The topological polar surface area (TPSA) is 38.3 Å². The second-order valence-electron chi connectivity index (χ2n) is 3.36. The van der Waals surface area contributed by atoms with E-state index in [0.29, 0.717) is 5.75 Å². The fourth-order valence-corrected chi connectivity index (χ4v) is 1.39. The van der Waals surface area contributed by atoms with Crippen LogP contribution in [0.15, 0.2) is 18.2 Å². The van der Waals surface area contributed by atoms with Crippen molar-refractivity contribution in [2.45, 2.75) is 12.8 Å². The van der Waals surface area contributed by atoms with E-state index in [0.717, 1.165) is 12.1 Å². The minimum atomic E-state index is -2.67. The quantitative estimate of drug-likeness (QED) is 0.786. The van der Waals surface area contributed by atoms with E-state index >= 15 is 0 Å². The first-order valence-electron chi connectivity index (χ1n) is 5.14. The maximum Gasteiger partial charge on any atom is 0.272 e. The Morgan fingerprint density at radius 2 is 2.17 bits per heavy atom. The SMILES string of the molecule is O=C(CCS)Nc1ccc(F)cc1OCC(F)F. The van der Waals surface area contributed by atoms with Crippen LogP contribution in [0.1, 0.15) is 6.42 Å². The van der Waals surface area contributed by atoms with Gasteiger partial charge in [0.25, 0.3) is 6.43 Å². The predicted octanol–water partition coefficient (Wildman–Crippen LogP) is 2.73. The molecule has 1 aromatic carbocycles. The highest BCUT2D eigenvalue weighted by Crippen LogP contribution is 2.26. The molecule has 0 heterocycles. The molecule has 1 rings (SSSR count). The Morgan fingerprint density at radius 1 is 1.44 bits per heavy atom. The average Bonchev–Trinajstić information content (AvgIpc) is 2.29. The lowest BCUT2D eigenvalue weighted by Crippen LogP contribution is -2.14. The van der Waals surface area contributed by atoms with Crippen LogP contribution >= 0.6 is 12.6 Å². The van der Waals surface area contributed by atoms with Gasteiger partial charge in [-0.1, -0.05) is 0 Å². The number of benzene rings is 1. The first kappa shape index (κ1) is 14.7. The van der Waals surface area contributed by atoms with E-state index in [1.165, 1.54) is 6.07 Å². The summed E-state index contributed by atoms with van der Waals surface area (Å²) in [6.07, 6.45) is -2.51. The normalized spacial score (nSPS) is 10.5. The highest BCUT2D eigenvalue weighted by molar-refractivity contribution is 7.80. The minimum absolute atomic E-state index is 0.122. The fraction of sp³-hybridized carbons (Fsp3) is 0.364. The van der Waals surface area contributed by atoms with Gasteiger partial charge in [-0.2, -0.15) is 12.6 Å². The molecule has 1 aromatic rings. The molecule has 0 unspecified atom stereocenters. The number of carbonyl (C=O) groups is 1. The van der Waals surface area contributed by atoms with Crippen molar-refractivity contribution in [1.82, 2.24) is 0 Å². The molecule has 0 aliphatic rings. The van der Waals surface area contributed by atoms with Gasteiger partial charge in [-0.05, 0) is 17.9 Å². The van der Waals surface area contributed by atoms with E-state index in [1.807, 2.05) is 0 Å². The monoisotopic (exact) mass is 279 g/mol. The molecule has 100 valence electrons. The van der Waals surface area contributed by atoms with Gasteiger partial charge in [-0.25, -0.2) is 13.2 Å². The highest BCUT2D eigenvalue weighted by Gasteiger charge is 2.11. The number of nitrogens with one attached hydrogen (secondary N) is 1. The van der Waals surface area contributed by atoms with E-state index in [4.69, 9.17) is 4.74 Å². The molecule has 1 amide bonds. The lowest BCUT2D eigenvalue weighted by atomic mass is 10.2. The van der Waals surface area contributed by atoms with Crippen LogP contribution in [0.25, 0.3) is 0 Å². The second-order valence-corrected chi connectivity index (χ2v) is 3.81. The Hall–Kier alpha value is -1.37. The third kappa shape index (κ3) is 4.87. The number of hydrogen-bond donors (Lipinski definition) is 2. The molecule has 0 aromatic heterocycles. The molecular formula is C11H12F3NO2S. The van der Waals surface area contributed by atoms with Crippen LogP contribution in [-0.2, 0) is 4.79 Å². The smallest absolute Gasteiger partial charge is 0.272 e. The van der Waals surface area contributed by atoms with Gasteiger partial charge in [0, 0.05) is 12.5 Å². The average molecular weight is 279 g/mol. The van der Waals surface area contributed by atoms with Gasteiger partial charge in [0.2, 0.25) is 5.91 Å². The Bertz CT molecular complexity index is 415. The minimum Gasteiger partial charge on any atom is -0.485 e. The molecule has 18 heavy (non-hydrogen) atoms. The van der Waals surface area contributed by atoms with E-state index in [1.54, 1.807) is 0 Å². The van der Waals surface area contributed by atoms with Crippen LogP contribution in [-0.4, -0.2) is 24.7 Å². The molecule has 0 aliphatic carbocycles. The standard InChI is InChI=1S/C11H12F3NO2S/c12-7-1-2-8(15-11(16)3-4-18)9(5-7)17-6-10(13)14/h1-2,5,10,18H,3-4,6H2,(H,15,16). The van der Waals surface area contributed by atoms with Crippen LogP contribution < -0.4 is 10.1 Å². The summed E-state index contributed by atoms with van der Waals surface area (Å²) in [6, 6.07) is 3.30. The lowest BCUT2D eigenvalue weighted by Gasteiger charge is -2.12. The highest BCUT2D eigenvalue weighted by atomic mass is 32.1. The molecule has 0 aliphatic heterocycles. The molecule has 0 fully saturated rings. The van der Waals surface area contributed by atoms with E-state index in [-0.39, 0.29) is 23.8 Å². The first-order valence-corrected chi connectivity index (χ1v) is 5.77. The van der Waals surface area contributed by atoms with Gasteiger partial charge in [0.15, 0.2) is 0 Å². The number of alkyl halides is 2. The number of amides is 1. The van der Waals surface area contributed by atoms with E-state index in [2.05, 4.69) is 17.9 Å². The summed E-state index contributed by atoms with van der Waals surface area (Å²) in [5.74, 6) is -0.756. The molecule has 0 bridgehead atoms. The molecule has 0 spiro atoms. The fourth-order valence-electron chi connectivity index (χ4n) is 1.19. The largest absolute Gasteiger partial charge is 0.485 e. The molecular weight excluding hydrogens is 267 g/mol. The number of hydrogen-bond acceptors (Lipinski definition) is 3. The summed E-state index contributed by atoms with van der Waals surface area (Å²) in [6.45, 7) is -0.862. The predicted molar refractivity (Wildman–Crippen MR) is 65.0 cm³/mol. The van der Waals surface area contributed by atoms with E-state index < -0.39 is 18.8 Å². The van der Waals surface area contributed by atoms with Crippen LogP contribution in [0.5, 0.6) is 5.75 Å². The van der Waals surface area contributed by atoms with Crippen molar-refractivity contribution in [3.05, 3.63) is 24.0 Å². The van der Waals surface area contributed by atoms with Gasteiger partial charge < -0.3 is 10.1 Å². The molecule has 3 nitrogen and oxygen atoms in total. The van der Waals surface area contributed by atoms with Crippen LogP contribution in [0, 0.1) is 5.82 Å². The summed E-state index contributed by atoms with van der Waals surface area (Å²) in [5.41, 5.74) is 0.156. The Kier molecular flexibility index (Phi) is 5.84. The second kappa shape index (κ2) is 7.15. The number of thiol groups is 1. The first-order chi connectivity index (χ1) is 8.52. The summed E-state index contributed by atoms with van der Waals surface area (Å²) >= 11 is 3.89. The van der Waals surface area contributed by atoms with Gasteiger partial charge in [-0.15, -0.1) is 0 Å². The Balaban J connectivity index is 2.79. The zero-order valence-electron chi connectivity index (χ0n) is 9.33. The van der Waals surface area contributed by atoms with Crippen LogP contribution in [0.4, 0.5) is 18.9 Å². The van der Waals surface area contributed by atoms with Gasteiger partial charge >= 0.3 is 0 Å². The van der Waals surface area contributed by atoms with Crippen molar-refractivity contribution in [2.75, 3.05) is 17.7 Å². The van der Waals surface area contributed by atoms with Crippen molar-refractivity contribution < 1.29 is 22.7 Å². The van der Waals surface area contributed by atoms with Crippen molar-refractivity contribution in [3.63, 3.8) is 0 Å². The van der Waals surface area contributed by atoms with Crippen molar-refractivity contribution in [2.24, 2.45) is 0 Å².